The summed E-state index contributed by atoms with van der Waals surface area (Å²) in [5.41, 5.74) is 6.98. The molecule has 0 bridgehead atoms. The van der Waals surface area contributed by atoms with Gasteiger partial charge in [0.25, 0.3) is 0 Å². The number of hydrogen-bond acceptors (Lipinski definition) is 4. The van der Waals surface area contributed by atoms with Gasteiger partial charge in [-0.05, 0) is 54.1 Å². The molecule has 2 aromatic rings. The van der Waals surface area contributed by atoms with E-state index in [9.17, 15) is 0 Å². The number of thioether (sulfide) groups is 1. The summed E-state index contributed by atoms with van der Waals surface area (Å²) in [7, 11) is 0. The normalized spacial score (nSPS) is 11.2. The predicted molar refractivity (Wildman–Crippen MR) is 87.0 cm³/mol. The summed E-state index contributed by atoms with van der Waals surface area (Å²) in [6, 6.07) is 8.86. The lowest BCUT2D eigenvalue weighted by atomic mass is 10.2. The van der Waals surface area contributed by atoms with Crippen LogP contribution in [0.25, 0.3) is 0 Å². The van der Waals surface area contributed by atoms with Gasteiger partial charge >= 0.3 is 0 Å². The van der Waals surface area contributed by atoms with E-state index < -0.39 is 0 Å². The Morgan fingerprint density at radius 2 is 1.95 bits per heavy atom. The summed E-state index contributed by atoms with van der Waals surface area (Å²) in [5.74, 6) is 1.74. The SMILES string of the molecule is CC(C)n1c(CN)nnc1SCc1ccc(I)cc1. The van der Waals surface area contributed by atoms with Crippen LogP contribution in [0, 0.1) is 3.57 Å². The molecule has 102 valence electrons. The Hall–Kier alpha value is -0.600. The van der Waals surface area contributed by atoms with E-state index in [0.29, 0.717) is 12.6 Å². The third kappa shape index (κ3) is 3.70. The van der Waals surface area contributed by atoms with Crippen molar-refractivity contribution >= 4 is 34.4 Å². The third-order valence-corrected chi connectivity index (χ3v) is 4.45. The molecule has 4 nitrogen and oxygen atoms in total. The molecule has 0 saturated heterocycles. The first kappa shape index (κ1) is 14.8. The molecule has 0 fully saturated rings. The van der Waals surface area contributed by atoms with Gasteiger partial charge in [0.2, 0.25) is 0 Å². The van der Waals surface area contributed by atoms with Gasteiger partial charge in [0, 0.05) is 15.4 Å². The van der Waals surface area contributed by atoms with E-state index in [0.717, 1.165) is 16.7 Å². The molecule has 0 aliphatic rings. The first-order chi connectivity index (χ1) is 9.11. The molecule has 0 unspecified atom stereocenters. The zero-order chi connectivity index (χ0) is 13.8. The van der Waals surface area contributed by atoms with Crippen molar-refractivity contribution in [3.05, 3.63) is 39.2 Å². The van der Waals surface area contributed by atoms with E-state index >= 15 is 0 Å². The lowest BCUT2D eigenvalue weighted by Crippen LogP contribution is -2.11. The topological polar surface area (TPSA) is 56.7 Å². The molecule has 0 saturated carbocycles. The molecule has 0 aliphatic carbocycles. The van der Waals surface area contributed by atoms with Gasteiger partial charge in [0.1, 0.15) is 5.82 Å². The average Bonchev–Trinajstić information content (AvgIpc) is 2.81. The number of aromatic nitrogens is 3. The molecule has 0 amide bonds. The summed E-state index contributed by atoms with van der Waals surface area (Å²) < 4.78 is 3.36. The number of benzene rings is 1. The van der Waals surface area contributed by atoms with E-state index in [1.165, 1.54) is 9.13 Å². The first-order valence-corrected chi connectivity index (χ1v) is 8.19. The van der Waals surface area contributed by atoms with E-state index in [1.54, 1.807) is 11.8 Å². The number of nitrogens with zero attached hydrogens (tertiary/aromatic N) is 3. The molecule has 6 heteroatoms. The van der Waals surface area contributed by atoms with Crippen molar-refractivity contribution in [2.45, 2.75) is 37.3 Å². The summed E-state index contributed by atoms with van der Waals surface area (Å²) in [4.78, 5) is 0. The fourth-order valence-corrected chi connectivity index (χ4v) is 3.19. The van der Waals surface area contributed by atoms with Crippen molar-refractivity contribution in [3.8, 4) is 0 Å². The minimum Gasteiger partial charge on any atom is -0.324 e. The highest BCUT2D eigenvalue weighted by Gasteiger charge is 2.13. The van der Waals surface area contributed by atoms with E-state index in [1.807, 2.05) is 0 Å². The van der Waals surface area contributed by atoms with Gasteiger partial charge in [0.05, 0.1) is 6.54 Å². The highest BCUT2D eigenvalue weighted by Crippen LogP contribution is 2.25. The van der Waals surface area contributed by atoms with Crippen molar-refractivity contribution < 1.29 is 0 Å². The van der Waals surface area contributed by atoms with E-state index in [-0.39, 0.29) is 0 Å². The Balaban J connectivity index is 2.11. The van der Waals surface area contributed by atoms with E-state index in [4.69, 9.17) is 5.73 Å². The van der Waals surface area contributed by atoms with Crippen LogP contribution >= 0.6 is 34.4 Å². The average molecular weight is 388 g/mol. The van der Waals surface area contributed by atoms with Gasteiger partial charge in [-0.2, -0.15) is 0 Å². The maximum Gasteiger partial charge on any atom is 0.191 e. The van der Waals surface area contributed by atoms with Crippen LogP contribution in [0.1, 0.15) is 31.3 Å². The van der Waals surface area contributed by atoms with Crippen molar-refractivity contribution in [1.82, 2.24) is 14.8 Å². The zero-order valence-corrected chi connectivity index (χ0v) is 14.0. The lowest BCUT2D eigenvalue weighted by Gasteiger charge is -2.12. The number of rotatable bonds is 5. The van der Waals surface area contributed by atoms with Crippen molar-refractivity contribution in [3.63, 3.8) is 0 Å². The Labute approximate surface area is 131 Å². The van der Waals surface area contributed by atoms with Crippen molar-refractivity contribution in [2.75, 3.05) is 0 Å². The zero-order valence-electron chi connectivity index (χ0n) is 11.0. The quantitative estimate of drug-likeness (QED) is 0.631. The largest absolute Gasteiger partial charge is 0.324 e. The lowest BCUT2D eigenvalue weighted by molar-refractivity contribution is 0.526. The van der Waals surface area contributed by atoms with Crippen LogP contribution in [0.5, 0.6) is 0 Å². The van der Waals surface area contributed by atoms with Gasteiger partial charge in [0.15, 0.2) is 5.16 Å². The maximum absolute atomic E-state index is 5.69. The molecular formula is C13H17IN4S. The number of hydrogen-bond donors (Lipinski definition) is 1. The second-order valence-corrected chi connectivity index (χ2v) is 6.67. The molecule has 0 atom stereocenters. The minimum absolute atomic E-state index is 0.327. The minimum atomic E-state index is 0.327. The smallest absolute Gasteiger partial charge is 0.191 e. The summed E-state index contributed by atoms with van der Waals surface area (Å²) in [6.45, 7) is 4.67. The summed E-state index contributed by atoms with van der Waals surface area (Å²) in [6.07, 6.45) is 0. The Morgan fingerprint density at radius 1 is 1.26 bits per heavy atom. The Bertz CT molecular complexity index is 536. The van der Waals surface area contributed by atoms with Gasteiger partial charge in [-0.15, -0.1) is 10.2 Å². The second-order valence-electron chi connectivity index (χ2n) is 4.48. The Kier molecular flexibility index (Phi) is 5.23. The third-order valence-electron chi connectivity index (χ3n) is 2.72. The monoisotopic (exact) mass is 388 g/mol. The number of nitrogens with two attached hydrogens (primary N) is 1. The molecule has 2 rings (SSSR count). The fourth-order valence-electron chi connectivity index (χ4n) is 1.79. The molecule has 0 radical (unpaired) electrons. The molecule has 1 heterocycles. The van der Waals surface area contributed by atoms with Gasteiger partial charge < -0.3 is 10.3 Å². The van der Waals surface area contributed by atoms with Crippen LogP contribution in [0.15, 0.2) is 29.4 Å². The first-order valence-electron chi connectivity index (χ1n) is 6.13. The molecule has 0 aliphatic heterocycles. The van der Waals surface area contributed by atoms with E-state index in [2.05, 4.69) is 75.5 Å². The van der Waals surface area contributed by atoms with Crippen LogP contribution in [0.2, 0.25) is 0 Å². The highest BCUT2D eigenvalue weighted by molar-refractivity contribution is 14.1. The molecule has 1 aromatic carbocycles. The number of halogens is 1. The van der Waals surface area contributed by atoms with Gasteiger partial charge in [-0.1, -0.05) is 23.9 Å². The predicted octanol–water partition coefficient (Wildman–Crippen LogP) is 3.21. The van der Waals surface area contributed by atoms with Gasteiger partial charge in [-0.25, -0.2) is 0 Å². The molecule has 0 spiro atoms. The van der Waals surface area contributed by atoms with Crippen LogP contribution in [0.4, 0.5) is 0 Å². The van der Waals surface area contributed by atoms with Crippen LogP contribution in [-0.4, -0.2) is 14.8 Å². The van der Waals surface area contributed by atoms with Crippen LogP contribution in [0.3, 0.4) is 0 Å². The second kappa shape index (κ2) is 6.71. The standard InChI is InChI=1S/C13H17IN4S/c1-9(2)18-12(7-15)16-17-13(18)19-8-10-3-5-11(14)6-4-10/h3-6,9H,7-8,15H2,1-2H3. The van der Waals surface area contributed by atoms with Crippen molar-refractivity contribution in [2.24, 2.45) is 5.73 Å². The fraction of sp³-hybridized carbons (Fsp3) is 0.385. The summed E-state index contributed by atoms with van der Waals surface area (Å²) in [5, 5.41) is 9.32. The van der Waals surface area contributed by atoms with Crippen LogP contribution in [-0.2, 0) is 12.3 Å². The highest BCUT2D eigenvalue weighted by atomic mass is 127. The summed E-state index contributed by atoms with van der Waals surface area (Å²) >= 11 is 4.01. The van der Waals surface area contributed by atoms with Crippen LogP contribution < -0.4 is 5.73 Å². The molecular weight excluding hydrogens is 371 g/mol. The molecule has 1 aromatic heterocycles. The van der Waals surface area contributed by atoms with Crippen molar-refractivity contribution in [1.29, 1.82) is 0 Å². The molecule has 19 heavy (non-hydrogen) atoms. The van der Waals surface area contributed by atoms with Gasteiger partial charge in [-0.3, -0.25) is 0 Å². The maximum atomic E-state index is 5.69. The molecule has 2 N–H and O–H groups in total. The Morgan fingerprint density at radius 3 is 2.53 bits per heavy atom.